The van der Waals surface area contributed by atoms with E-state index in [0.717, 1.165) is 13.1 Å². The van der Waals surface area contributed by atoms with Gasteiger partial charge in [0.25, 0.3) is 5.69 Å². The predicted molar refractivity (Wildman–Crippen MR) is 144 cm³/mol. The van der Waals surface area contributed by atoms with Gasteiger partial charge in [-0.25, -0.2) is 9.59 Å². The molecule has 0 saturated carbocycles. The van der Waals surface area contributed by atoms with E-state index in [1.807, 2.05) is 25.2 Å². The Hall–Kier alpha value is -3.98. The highest BCUT2D eigenvalue weighted by atomic mass is 16.6. The summed E-state index contributed by atoms with van der Waals surface area (Å²) in [4.78, 5) is 39.7. The minimum Gasteiger partial charge on any atom is -0.462 e. The standard InChI is InChI=1S/C29H35N3O6/c1-19(2)38-29(34)26-21(4)30-20(3)25(27(26)23-13-9-14-24(17-23)32(35)36)28(33)37-16-10-15-31(5)18-22-11-7-6-8-12-22/h6-9,11-14,17,19,27,30H,10,15-16,18H2,1-5H3. The number of esters is 2. The third-order valence-electron chi connectivity index (χ3n) is 6.17. The second-order valence-corrected chi connectivity index (χ2v) is 9.65. The molecule has 1 aliphatic rings. The third kappa shape index (κ3) is 7.29. The number of nitro benzene ring substituents is 1. The molecular weight excluding hydrogens is 486 g/mol. The number of hydrogen-bond acceptors (Lipinski definition) is 8. The van der Waals surface area contributed by atoms with Crippen molar-refractivity contribution in [2.75, 3.05) is 20.2 Å². The van der Waals surface area contributed by atoms with Crippen LogP contribution in [0.15, 0.2) is 77.1 Å². The molecule has 1 N–H and O–H groups in total. The molecule has 1 atom stereocenters. The van der Waals surface area contributed by atoms with Crippen molar-refractivity contribution in [3.63, 3.8) is 0 Å². The van der Waals surface area contributed by atoms with Gasteiger partial charge in [0.15, 0.2) is 0 Å². The Morgan fingerprint density at radius 1 is 1.03 bits per heavy atom. The highest BCUT2D eigenvalue weighted by molar-refractivity contribution is 6.00. The monoisotopic (exact) mass is 521 g/mol. The van der Waals surface area contributed by atoms with Gasteiger partial charge in [-0.05, 0) is 52.3 Å². The topological polar surface area (TPSA) is 111 Å². The number of carbonyl (C=O) groups is 2. The van der Waals surface area contributed by atoms with Crippen LogP contribution in [-0.2, 0) is 25.6 Å². The van der Waals surface area contributed by atoms with Crippen molar-refractivity contribution in [1.82, 2.24) is 10.2 Å². The van der Waals surface area contributed by atoms with E-state index in [1.165, 1.54) is 23.8 Å². The van der Waals surface area contributed by atoms with Crippen LogP contribution >= 0.6 is 0 Å². The molecule has 38 heavy (non-hydrogen) atoms. The number of allylic oxidation sites excluding steroid dienone is 2. The van der Waals surface area contributed by atoms with Crippen LogP contribution in [0.2, 0.25) is 0 Å². The molecular formula is C29H35N3O6. The molecule has 0 fully saturated rings. The molecule has 1 aliphatic heterocycles. The fraction of sp³-hybridized carbons (Fsp3) is 0.379. The van der Waals surface area contributed by atoms with Crippen molar-refractivity contribution in [2.24, 2.45) is 0 Å². The van der Waals surface area contributed by atoms with E-state index >= 15 is 0 Å². The lowest BCUT2D eigenvalue weighted by molar-refractivity contribution is -0.384. The van der Waals surface area contributed by atoms with Crippen molar-refractivity contribution < 1.29 is 24.0 Å². The summed E-state index contributed by atoms with van der Waals surface area (Å²) in [7, 11) is 2.01. The molecule has 1 heterocycles. The van der Waals surface area contributed by atoms with Crippen molar-refractivity contribution >= 4 is 17.6 Å². The number of carbonyl (C=O) groups excluding carboxylic acids is 2. The molecule has 202 valence electrons. The van der Waals surface area contributed by atoms with E-state index in [-0.39, 0.29) is 29.5 Å². The van der Waals surface area contributed by atoms with Crippen molar-refractivity contribution in [3.8, 4) is 0 Å². The highest BCUT2D eigenvalue weighted by Crippen LogP contribution is 2.40. The van der Waals surface area contributed by atoms with Gasteiger partial charge in [0.05, 0.1) is 34.7 Å². The molecule has 9 heteroatoms. The van der Waals surface area contributed by atoms with Gasteiger partial charge in [-0.1, -0.05) is 42.5 Å². The second-order valence-electron chi connectivity index (χ2n) is 9.65. The zero-order valence-electron chi connectivity index (χ0n) is 22.5. The van der Waals surface area contributed by atoms with Gasteiger partial charge >= 0.3 is 11.9 Å². The van der Waals surface area contributed by atoms with E-state index in [2.05, 4.69) is 22.3 Å². The Morgan fingerprint density at radius 3 is 2.32 bits per heavy atom. The van der Waals surface area contributed by atoms with E-state index < -0.39 is 22.8 Å². The molecule has 0 spiro atoms. The van der Waals surface area contributed by atoms with Gasteiger partial charge < -0.3 is 19.7 Å². The SMILES string of the molecule is CC1=C(C(=O)OCCCN(C)Cc2ccccc2)C(c2cccc([N+](=O)[O-])c2)C(C(=O)OC(C)C)=C(C)N1. The quantitative estimate of drug-likeness (QED) is 0.193. The van der Waals surface area contributed by atoms with Gasteiger partial charge in [-0.2, -0.15) is 0 Å². The number of dihydropyridines is 1. The molecule has 3 rings (SSSR count). The van der Waals surface area contributed by atoms with Crippen LogP contribution in [0.1, 0.15) is 51.2 Å². The van der Waals surface area contributed by atoms with E-state index in [4.69, 9.17) is 9.47 Å². The Bertz CT molecular complexity index is 1240. The van der Waals surface area contributed by atoms with Crippen LogP contribution in [-0.4, -0.2) is 48.1 Å². The van der Waals surface area contributed by atoms with Gasteiger partial charge in [-0.15, -0.1) is 0 Å². The summed E-state index contributed by atoms with van der Waals surface area (Å²) in [5.41, 5.74) is 2.98. The lowest BCUT2D eigenvalue weighted by Crippen LogP contribution is -2.33. The number of nitrogens with one attached hydrogen (secondary N) is 1. The van der Waals surface area contributed by atoms with Crippen molar-refractivity contribution in [2.45, 2.75) is 52.7 Å². The minimum absolute atomic E-state index is 0.137. The summed E-state index contributed by atoms with van der Waals surface area (Å²) in [6.45, 7) is 8.60. The fourth-order valence-corrected chi connectivity index (χ4v) is 4.52. The highest BCUT2D eigenvalue weighted by Gasteiger charge is 2.38. The maximum Gasteiger partial charge on any atom is 0.337 e. The number of non-ortho nitro benzene ring substituents is 1. The van der Waals surface area contributed by atoms with Gasteiger partial charge in [0, 0.05) is 36.6 Å². The second kappa shape index (κ2) is 13.0. The van der Waals surface area contributed by atoms with Gasteiger partial charge in [-0.3, -0.25) is 10.1 Å². The summed E-state index contributed by atoms with van der Waals surface area (Å²) in [5.74, 6) is -2.06. The van der Waals surface area contributed by atoms with Crippen LogP contribution in [0.25, 0.3) is 0 Å². The average Bonchev–Trinajstić information content (AvgIpc) is 2.86. The van der Waals surface area contributed by atoms with Gasteiger partial charge in [0.1, 0.15) is 0 Å². The molecule has 0 saturated heterocycles. The van der Waals surface area contributed by atoms with E-state index in [0.29, 0.717) is 23.4 Å². The molecule has 9 nitrogen and oxygen atoms in total. The summed E-state index contributed by atoms with van der Waals surface area (Å²) in [5, 5.41) is 14.6. The molecule has 2 aromatic carbocycles. The first kappa shape index (κ1) is 28.6. The summed E-state index contributed by atoms with van der Waals surface area (Å²) >= 11 is 0. The molecule has 0 amide bonds. The summed E-state index contributed by atoms with van der Waals surface area (Å²) in [6, 6.07) is 16.1. The van der Waals surface area contributed by atoms with E-state index in [1.54, 1.807) is 33.8 Å². The summed E-state index contributed by atoms with van der Waals surface area (Å²) < 4.78 is 11.1. The average molecular weight is 522 g/mol. The Balaban J connectivity index is 1.80. The molecule has 0 bridgehead atoms. The third-order valence-corrected chi connectivity index (χ3v) is 6.17. The Labute approximate surface area is 223 Å². The Morgan fingerprint density at radius 2 is 1.68 bits per heavy atom. The molecule has 0 radical (unpaired) electrons. The normalized spacial score (nSPS) is 15.5. The maximum atomic E-state index is 13.4. The molecule has 0 aliphatic carbocycles. The minimum atomic E-state index is -0.879. The number of benzene rings is 2. The van der Waals surface area contributed by atoms with Crippen LogP contribution < -0.4 is 5.32 Å². The van der Waals surface area contributed by atoms with Gasteiger partial charge in [0.2, 0.25) is 0 Å². The predicted octanol–water partition coefficient (Wildman–Crippen LogP) is 4.85. The van der Waals surface area contributed by atoms with Crippen LogP contribution in [0.4, 0.5) is 5.69 Å². The number of ether oxygens (including phenoxy) is 2. The number of nitro groups is 1. The molecule has 2 aromatic rings. The van der Waals surface area contributed by atoms with Crippen molar-refractivity contribution in [3.05, 3.63) is 98.4 Å². The lowest BCUT2D eigenvalue weighted by atomic mass is 9.80. The van der Waals surface area contributed by atoms with Crippen molar-refractivity contribution in [1.29, 1.82) is 0 Å². The lowest BCUT2D eigenvalue weighted by Gasteiger charge is -2.30. The van der Waals surface area contributed by atoms with Crippen LogP contribution in [0, 0.1) is 10.1 Å². The number of hydrogen-bond donors (Lipinski definition) is 1. The Kier molecular flexibility index (Phi) is 9.78. The largest absolute Gasteiger partial charge is 0.462 e. The van der Waals surface area contributed by atoms with E-state index in [9.17, 15) is 19.7 Å². The first-order valence-corrected chi connectivity index (χ1v) is 12.6. The number of rotatable bonds is 11. The van der Waals surface area contributed by atoms with Crippen LogP contribution in [0.5, 0.6) is 0 Å². The number of nitrogens with zero attached hydrogens (tertiary/aromatic N) is 2. The van der Waals surface area contributed by atoms with Crippen LogP contribution in [0.3, 0.4) is 0 Å². The maximum absolute atomic E-state index is 13.4. The first-order chi connectivity index (χ1) is 18.1. The summed E-state index contributed by atoms with van der Waals surface area (Å²) in [6.07, 6.45) is 0.233. The zero-order chi connectivity index (χ0) is 27.8. The smallest absolute Gasteiger partial charge is 0.337 e. The molecule has 0 aromatic heterocycles. The fourth-order valence-electron chi connectivity index (χ4n) is 4.52. The molecule has 1 unspecified atom stereocenters. The zero-order valence-corrected chi connectivity index (χ0v) is 22.5. The first-order valence-electron chi connectivity index (χ1n) is 12.6.